The first-order valence-electron chi connectivity index (χ1n) is 7.91. The van der Waals surface area contributed by atoms with Crippen LogP contribution in [0, 0.1) is 23.2 Å². The number of nitrogens with two attached hydrogens (primary N) is 1. The van der Waals surface area contributed by atoms with E-state index in [-0.39, 0.29) is 6.04 Å². The van der Waals surface area contributed by atoms with Gasteiger partial charge in [-0.1, -0.05) is 0 Å². The highest BCUT2D eigenvalue weighted by molar-refractivity contribution is 5.10. The van der Waals surface area contributed by atoms with Crippen LogP contribution >= 0.6 is 0 Å². The molecule has 3 N–H and O–H groups in total. The summed E-state index contributed by atoms with van der Waals surface area (Å²) < 4.78 is 0. The van der Waals surface area contributed by atoms with Crippen molar-refractivity contribution in [3.63, 3.8) is 0 Å². The maximum absolute atomic E-state index is 5.92. The lowest BCUT2D eigenvalue weighted by Crippen LogP contribution is -2.47. The van der Waals surface area contributed by atoms with Crippen molar-refractivity contribution in [2.45, 2.75) is 57.9 Å². The molecule has 4 aliphatic carbocycles. The van der Waals surface area contributed by atoms with Crippen molar-refractivity contribution >= 4 is 0 Å². The Bertz CT molecular complexity index is 439. The van der Waals surface area contributed by atoms with Crippen LogP contribution in [0.5, 0.6) is 0 Å². The average Bonchev–Trinajstić information content (AvgIpc) is 2.74. The molecule has 0 aliphatic heterocycles. The van der Waals surface area contributed by atoms with Gasteiger partial charge in [-0.25, -0.2) is 4.98 Å². The van der Waals surface area contributed by atoms with Gasteiger partial charge in [-0.15, -0.1) is 0 Å². The van der Waals surface area contributed by atoms with Gasteiger partial charge in [0.25, 0.3) is 0 Å². The number of nitrogens with zero attached hydrogens (tertiary/aromatic N) is 1. The third kappa shape index (κ3) is 2.03. The van der Waals surface area contributed by atoms with Crippen molar-refractivity contribution in [3.05, 3.63) is 17.7 Å². The maximum atomic E-state index is 5.92. The van der Waals surface area contributed by atoms with E-state index in [1.165, 1.54) is 44.3 Å². The molecule has 0 amide bonds. The predicted molar refractivity (Wildman–Crippen MR) is 75.5 cm³/mol. The van der Waals surface area contributed by atoms with E-state index in [4.69, 9.17) is 5.73 Å². The number of hydrogen-bond donors (Lipinski definition) is 2. The van der Waals surface area contributed by atoms with E-state index in [1.54, 1.807) is 0 Å². The third-order valence-corrected chi connectivity index (χ3v) is 5.85. The summed E-state index contributed by atoms with van der Waals surface area (Å²) >= 11 is 0. The molecule has 4 bridgehead atoms. The van der Waals surface area contributed by atoms with Gasteiger partial charge in [0.05, 0.1) is 5.69 Å². The van der Waals surface area contributed by atoms with Crippen LogP contribution in [0.15, 0.2) is 6.20 Å². The predicted octanol–water partition coefficient (Wildman–Crippen LogP) is 3.19. The van der Waals surface area contributed by atoms with Gasteiger partial charge in [0.1, 0.15) is 5.82 Å². The highest BCUT2D eigenvalue weighted by Gasteiger charge is 2.50. The second-order valence-corrected chi connectivity index (χ2v) is 7.67. The lowest BCUT2D eigenvalue weighted by Gasteiger charge is -2.56. The summed E-state index contributed by atoms with van der Waals surface area (Å²) in [5, 5.41) is 0. The minimum Gasteiger partial charge on any atom is -0.345 e. The van der Waals surface area contributed by atoms with Gasteiger partial charge >= 0.3 is 0 Å². The number of rotatable bonds is 3. The highest BCUT2D eigenvalue weighted by Crippen LogP contribution is 2.60. The molecular formula is C16H25N3. The molecule has 0 radical (unpaired) electrons. The summed E-state index contributed by atoms with van der Waals surface area (Å²) in [6, 6.07) is 0.0672. The van der Waals surface area contributed by atoms with Crippen LogP contribution < -0.4 is 5.73 Å². The maximum Gasteiger partial charge on any atom is 0.106 e. The molecule has 19 heavy (non-hydrogen) atoms. The monoisotopic (exact) mass is 259 g/mol. The number of imidazole rings is 1. The van der Waals surface area contributed by atoms with Crippen LogP contribution in [0.25, 0.3) is 0 Å². The van der Waals surface area contributed by atoms with Crippen molar-refractivity contribution in [2.24, 2.45) is 28.9 Å². The molecule has 4 aliphatic rings. The average molecular weight is 259 g/mol. The zero-order valence-corrected chi connectivity index (χ0v) is 11.9. The fourth-order valence-corrected chi connectivity index (χ4v) is 5.56. The third-order valence-electron chi connectivity index (χ3n) is 5.85. The first-order valence-corrected chi connectivity index (χ1v) is 7.91. The number of hydrogen-bond acceptors (Lipinski definition) is 2. The SMILES string of the molecule is CC(N)c1cnc(CC23CC4CC(CC(C4)C2)C3)[nH]1. The molecule has 104 valence electrons. The molecule has 1 unspecified atom stereocenters. The van der Waals surface area contributed by atoms with Crippen LogP contribution in [0.2, 0.25) is 0 Å². The fraction of sp³-hybridized carbons (Fsp3) is 0.812. The smallest absolute Gasteiger partial charge is 0.106 e. The van der Waals surface area contributed by atoms with Crippen LogP contribution in [0.1, 0.15) is 63.0 Å². The van der Waals surface area contributed by atoms with E-state index in [1.807, 2.05) is 13.1 Å². The molecule has 1 heterocycles. The van der Waals surface area contributed by atoms with Gasteiger partial charge in [-0.3, -0.25) is 0 Å². The molecule has 0 aromatic carbocycles. The number of aromatic amines is 1. The number of H-pyrrole nitrogens is 1. The van der Waals surface area contributed by atoms with Gasteiger partial charge in [0.2, 0.25) is 0 Å². The van der Waals surface area contributed by atoms with E-state index in [2.05, 4.69) is 9.97 Å². The fourth-order valence-electron chi connectivity index (χ4n) is 5.56. The van der Waals surface area contributed by atoms with Crippen molar-refractivity contribution < 1.29 is 0 Å². The quantitative estimate of drug-likeness (QED) is 0.876. The van der Waals surface area contributed by atoms with E-state index in [0.717, 1.165) is 29.9 Å². The molecule has 3 heteroatoms. The summed E-state index contributed by atoms with van der Waals surface area (Å²) in [6.45, 7) is 2.02. The van der Waals surface area contributed by atoms with Gasteiger partial charge in [-0.05, 0) is 68.6 Å². The van der Waals surface area contributed by atoms with E-state index >= 15 is 0 Å². The zero-order valence-electron chi connectivity index (χ0n) is 11.9. The second-order valence-electron chi connectivity index (χ2n) is 7.67. The molecule has 1 aromatic rings. The summed E-state index contributed by atoms with van der Waals surface area (Å²) in [5.74, 6) is 4.24. The van der Waals surface area contributed by atoms with E-state index < -0.39 is 0 Å². The minimum atomic E-state index is 0.0672. The van der Waals surface area contributed by atoms with Gasteiger partial charge < -0.3 is 10.7 Å². The molecule has 0 saturated heterocycles. The lowest BCUT2D eigenvalue weighted by molar-refractivity contribution is -0.0531. The van der Waals surface area contributed by atoms with Crippen LogP contribution in [-0.2, 0) is 6.42 Å². The Hall–Kier alpha value is -0.830. The Labute approximate surface area is 115 Å². The molecule has 1 atom stereocenters. The lowest BCUT2D eigenvalue weighted by atomic mass is 9.49. The van der Waals surface area contributed by atoms with Crippen LogP contribution in [-0.4, -0.2) is 9.97 Å². The summed E-state index contributed by atoms with van der Waals surface area (Å²) in [5.41, 5.74) is 7.57. The van der Waals surface area contributed by atoms with Gasteiger partial charge in [-0.2, -0.15) is 0 Å². The summed E-state index contributed by atoms with van der Waals surface area (Å²) in [4.78, 5) is 8.03. The summed E-state index contributed by atoms with van der Waals surface area (Å²) in [6.07, 6.45) is 12.0. The normalized spacial score (nSPS) is 41.7. The van der Waals surface area contributed by atoms with Crippen LogP contribution in [0.4, 0.5) is 0 Å². The highest BCUT2D eigenvalue weighted by atomic mass is 14.9. The molecule has 0 spiro atoms. The standard InChI is InChI=1S/C16H25N3/c1-10(17)14-9-18-15(19-14)8-16-5-11-2-12(6-16)4-13(3-11)7-16/h9-13H,2-8,17H2,1H3,(H,18,19). The Morgan fingerprint density at radius 1 is 1.26 bits per heavy atom. The molecule has 5 rings (SSSR count). The first-order chi connectivity index (χ1) is 9.12. The number of nitrogens with one attached hydrogen (secondary N) is 1. The van der Waals surface area contributed by atoms with E-state index in [9.17, 15) is 0 Å². The first kappa shape index (κ1) is 12.0. The topological polar surface area (TPSA) is 54.7 Å². The van der Waals surface area contributed by atoms with Crippen molar-refractivity contribution in [1.82, 2.24) is 9.97 Å². The zero-order chi connectivity index (χ0) is 13.0. The Balaban J connectivity index is 1.55. The van der Waals surface area contributed by atoms with Crippen molar-refractivity contribution in [1.29, 1.82) is 0 Å². The molecular weight excluding hydrogens is 234 g/mol. The Kier molecular flexibility index (Phi) is 2.57. The minimum absolute atomic E-state index is 0.0672. The Morgan fingerprint density at radius 2 is 1.84 bits per heavy atom. The van der Waals surface area contributed by atoms with Crippen molar-refractivity contribution in [3.8, 4) is 0 Å². The molecule has 3 nitrogen and oxygen atoms in total. The number of aromatic nitrogens is 2. The van der Waals surface area contributed by atoms with Gasteiger partial charge in [0, 0.05) is 18.7 Å². The molecule has 4 saturated carbocycles. The van der Waals surface area contributed by atoms with Gasteiger partial charge in [0.15, 0.2) is 0 Å². The van der Waals surface area contributed by atoms with Crippen LogP contribution in [0.3, 0.4) is 0 Å². The molecule has 1 aromatic heterocycles. The second kappa shape index (κ2) is 4.08. The molecule has 4 fully saturated rings. The largest absolute Gasteiger partial charge is 0.345 e. The van der Waals surface area contributed by atoms with Crippen molar-refractivity contribution in [2.75, 3.05) is 0 Å². The van der Waals surface area contributed by atoms with E-state index in [0.29, 0.717) is 5.41 Å². The summed E-state index contributed by atoms with van der Waals surface area (Å²) in [7, 11) is 0. The Morgan fingerprint density at radius 3 is 2.32 bits per heavy atom.